The van der Waals surface area contributed by atoms with E-state index in [-0.39, 0.29) is 24.3 Å². The number of terminal acetylenes is 1. The Balaban J connectivity index is 2.50. The minimum absolute atomic E-state index is 0.137. The number of carbonyl (C=O) groups is 2. The number of carbonyl (C=O) groups excluding carboxylic acids is 2. The van der Waals surface area contributed by atoms with Gasteiger partial charge in [0.1, 0.15) is 0 Å². The van der Waals surface area contributed by atoms with Crippen LogP contribution in [0.25, 0.3) is 0 Å². The molecule has 2 amide bonds. The SMILES string of the molecule is C#CC(CC)NC1CC(=O)NC1=O. The smallest absolute Gasteiger partial charge is 0.244 e. The number of hydrogen-bond donors (Lipinski definition) is 2. The second-order valence-corrected chi connectivity index (χ2v) is 2.96. The lowest BCUT2D eigenvalue weighted by molar-refractivity contribution is -0.125. The van der Waals surface area contributed by atoms with Gasteiger partial charge in [-0.15, -0.1) is 6.42 Å². The molecule has 0 aromatic heterocycles. The Hall–Kier alpha value is -1.34. The first-order valence-electron chi connectivity index (χ1n) is 4.23. The van der Waals surface area contributed by atoms with E-state index in [0.29, 0.717) is 0 Å². The lowest BCUT2D eigenvalue weighted by atomic mass is 10.1. The molecule has 0 spiro atoms. The molecule has 1 saturated heterocycles. The monoisotopic (exact) mass is 180 g/mol. The molecule has 1 fully saturated rings. The van der Waals surface area contributed by atoms with E-state index in [0.717, 1.165) is 6.42 Å². The Kier molecular flexibility index (Phi) is 3.04. The third-order valence-electron chi connectivity index (χ3n) is 1.98. The van der Waals surface area contributed by atoms with Gasteiger partial charge in [-0.1, -0.05) is 12.8 Å². The van der Waals surface area contributed by atoms with Crippen LogP contribution in [0.5, 0.6) is 0 Å². The molecular weight excluding hydrogens is 168 g/mol. The van der Waals surface area contributed by atoms with Gasteiger partial charge in [-0.3, -0.25) is 20.2 Å². The van der Waals surface area contributed by atoms with E-state index in [9.17, 15) is 9.59 Å². The van der Waals surface area contributed by atoms with Crippen LogP contribution in [0.3, 0.4) is 0 Å². The second kappa shape index (κ2) is 4.06. The van der Waals surface area contributed by atoms with Gasteiger partial charge < -0.3 is 0 Å². The molecule has 0 bridgehead atoms. The summed E-state index contributed by atoms with van der Waals surface area (Å²) in [7, 11) is 0. The molecule has 0 saturated carbocycles. The molecule has 0 aliphatic carbocycles. The van der Waals surface area contributed by atoms with Gasteiger partial charge in [-0.2, -0.15) is 0 Å². The van der Waals surface area contributed by atoms with Crippen molar-refractivity contribution in [3.05, 3.63) is 0 Å². The zero-order valence-electron chi connectivity index (χ0n) is 7.46. The molecule has 0 aromatic carbocycles. The van der Waals surface area contributed by atoms with Gasteiger partial charge >= 0.3 is 0 Å². The highest BCUT2D eigenvalue weighted by molar-refractivity contribution is 6.05. The quantitative estimate of drug-likeness (QED) is 0.450. The van der Waals surface area contributed by atoms with E-state index in [1.807, 2.05) is 6.92 Å². The fourth-order valence-corrected chi connectivity index (χ4v) is 1.21. The Labute approximate surface area is 77.1 Å². The standard InChI is InChI=1S/C9H12N2O2/c1-3-6(4-2)10-7-5-8(12)11-9(7)13/h1,6-7,10H,4-5H2,2H3,(H,11,12,13). The zero-order valence-corrected chi connectivity index (χ0v) is 7.46. The molecule has 70 valence electrons. The second-order valence-electron chi connectivity index (χ2n) is 2.96. The fraction of sp³-hybridized carbons (Fsp3) is 0.556. The van der Waals surface area contributed by atoms with Gasteiger partial charge in [0.05, 0.1) is 18.5 Å². The van der Waals surface area contributed by atoms with Gasteiger partial charge in [-0.05, 0) is 6.42 Å². The number of nitrogens with one attached hydrogen (secondary N) is 2. The molecule has 2 atom stereocenters. The van der Waals surface area contributed by atoms with Crippen molar-refractivity contribution in [2.45, 2.75) is 31.8 Å². The van der Waals surface area contributed by atoms with Crippen LogP contribution < -0.4 is 10.6 Å². The summed E-state index contributed by atoms with van der Waals surface area (Å²) in [6.45, 7) is 1.92. The molecule has 2 unspecified atom stereocenters. The van der Waals surface area contributed by atoms with Crippen molar-refractivity contribution in [3.63, 3.8) is 0 Å². The molecule has 4 heteroatoms. The van der Waals surface area contributed by atoms with Crippen LogP contribution in [-0.2, 0) is 9.59 Å². The summed E-state index contributed by atoms with van der Waals surface area (Å²) in [5.74, 6) is 1.99. The zero-order chi connectivity index (χ0) is 9.84. The van der Waals surface area contributed by atoms with Crippen LogP contribution in [0.4, 0.5) is 0 Å². The van der Waals surface area contributed by atoms with Crippen LogP contribution >= 0.6 is 0 Å². The van der Waals surface area contributed by atoms with Crippen molar-refractivity contribution in [1.29, 1.82) is 0 Å². The summed E-state index contributed by atoms with van der Waals surface area (Å²) in [6.07, 6.45) is 6.15. The number of rotatable bonds is 3. The van der Waals surface area contributed by atoms with Crippen LogP contribution in [0.2, 0.25) is 0 Å². The molecule has 1 rings (SSSR count). The molecule has 13 heavy (non-hydrogen) atoms. The number of imide groups is 1. The van der Waals surface area contributed by atoms with Crippen molar-refractivity contribution < 1.29 is 9.59 Å². The normalized spacial score (nSPS) is 23.8. The minimum atomic E-state index is -0.450. The first kappa shape index (κ1) is 9.75. The summed E-state index contributed by atoms with van der Waals surface area (Å²) in [4.78, 5) is 21.9. The van der Waals surface area contributed by atoms with Gasteiger partial charge in [0.25, 0.3) is 0 Å². The average molecular weight is 180 g/mol. The van der Waals surface area contributed by atoms with Crippen LogP contribution in [0, 0.1) is 12.3 Å². The molecule has 1 aliphatic rings. The number of amides is 2. The Bertz CT molecular complexity index is 267. The minimum Gasteiger partial charge on any atom is -0.295 e. The maximum atomic E-state index is 11.1. The fourth-order valence-electron chi connectivity index (χ4n) is 1.21. The van der Waals surface area contributed by atoms with Crippen LogP contribution in [-0.4, -0.2) is 23.9 Å². The van der Waals surface area contributed by atoms with Gasteiger partial charge in [0, 0.05) is 0 Å². The van der Waals surface area contributed by atoms with E-state index in [4.69, 9.17) is 6.42 Å². The van der Waals surface area contributed by atoms with E-state index < -0.39 is 6.04 Å². The van der Waals surface area contributed by atoms with Crippen LogP contribution in [0.1, 0.15) is 19.8 Å². The van der Waals surface area contributed by atoms with Crippen molar-refractivity contribution in [2.24, 2.45) is 0 Å². The highest BCUT2D eigenvalue weighted by atomic mass is 16.2. The predicted octanol–water partition coefficient (Wildman–Crippen LogP) is -0.597. The van der Waals surface area contributed by atoms with Gasteiger partial charge in [0.2, 0.25) is 11.8 Å². The molecule has 2 N–H and O–H groups in total. The first-order valence-corrected chi connectivity index (χ1v) is 4.23. The largest absolute Gasteiger partial charge is 0.295 e. The molecule has 0 radical (unpaired) electrons. The van der Waals surface area contributed by atoms with Crippen molar-refractivity contribution in [3.8, 4) is 12.3 Å². The van der Waals surface area contributed by atoms with Crippen molar-refractivity contribution in [2.75, 3.05) is 0 Å². The molecule has 4 nitrogen and oxygen atoms in total. The lowest BCUT2D eigenvalue weighted by Gasteiger charge is -2.13. The highest BCUT2D eigenvalue weighted by Gasteiger charge is 2.31. The predicted molar refractivity (Wildman–Crippen MR) is 47.6 cm³/mol. The first-order chi connectivity index (χ1) is 6.17. The van der Waals surface area contributed by atoms with E-state index in [2.05, 4.69) is 16.6 Å². The third kappa shape index (κ3) is 2.30. The molecule has 1 aliphatic heterocycles. The van der Waals surface area contributed by atoms with E-state index >= 15 is 0 Å². The van der Waals surface area contributed by atoms with Gasteiger partial charge in [-0.25, -0.2) is 0 Å². The average Bonchev–Trinajstić information content (AvgIpc) is 2.41. The summed E-state index contributed by atoms with van der Waals surface area (Å²) in [5, 5.41) is 5.14. The van der Waals surface area contributed by atoms with Crippen LogP contribution in [0.15, 0.2) is 0 Å². The van der Waals surface area contributed by atoms with E-state index in [1.165, 1.54) is 0 Å². The maximum absolute atomic E-state index is 11.1. The number of hydrogen-bond acceptors (Lipinski definition) is 3. The summed E-state index contributed by atoms with van der Waals surface area (Å²) < 4.78 is 0. The highest BCUT2D eigenvalue weighted by Crippen LogP contribution is 2.03. The maximum Gasteiger partial charge on any atom is 0.244 e. The van der Waals surface area contributed by atoms with Crippen molar-refractivity contribution >= 4 is 11.8 Å². The molecule has 1 heterocycles. The third-order valence-corrected chi connectivity index (χ3v) is 1.98. The topological polar surface area (TPSA) is 58.2 Å². The Morgan fingerprint density at radius 1 is 1.77 bits per heavy atom. The van der Waals surface area contributed by atoms with Gasteiger partial charge in [0.15, 0.2) is 0 Å². The molecular formula is C9H12N2O2. The molecule has 0 aromatic rings. The Morgan fingerprint density at radius 3 is 2.85 bits per heavy atom. The van der Waals surface area contributed by atoms with E-state index in [1.54, 1.807) is 0 Å². The summed E-state index contributed by atoms with van der Waals surface area (Å²) in [6, 6.07) is -0.588. The lowest BCUT2D eigenvalue weighted by Crippen LogP contribution is -2.41. The summed E-state index contributed by atoms with van der Waals surface area (Å²) >= 11 is 0. The Morgan fingerprint density at radius 2 is 2.46 bits per heavy atom. The summed E-state index contributed by atoms with van der Waals surface area (Å²) in [5.41, 5.74) is 0. The van der Waals surface area contributed by atoms with Crippen molar-refractivity contribution in [1.82, 2.24) is 10.6 Å².